The molecule has 0 saturated heterocycles. The van der Waals surface area contributed by atoms with Gasteiger partial charge in [-0.3, -0.25) is 4.79 Å². The van der Waals surface area contributed by atoms with E-state index >= 15 is 0 Å². The summed E-state index contributed by atoms with van der Waals surface area (Å²) in [6.07, 6.45) is 4.10. The van der Waals surface area contributed by atoms with Crippen molar-refractivity contribution < 1.29 is 4.79 Å². The number of aromatic nitrogens is 4. The van der Waals surface area contributed by atoms with E-state index in [0.29, 0.717) is 11.3 Å². The number of nitrogens with zero attached hydrogens (tertiary/aromatic N) is 4. The van der Waals surface area contributed by atoms with Gasteiger partial charge in [-0.15, -0.1) is 0 Å². The summed E-state index contributed by atoms with van der Waals surface area (Å²) in [5.74, 6) is 0. The zero-order chi connectivity index (χ0) is 16.4. The van der Waals surface area contributed by atoms with Crippen molar-refractivity contribution >= 4 is 22.2 Å². The molecule has 0 amide bonds. The molecule has 0 radical (unpaired) electrons. The van der Waals surface area contributed by atoms with E-state index in [0.717, 1.165) is 38.7 Å². The van der Waals surface area contributed by atoms with Gasteiger partial charge < -0.3 is 0 Å². The summed E-state index contributed by atoms with van der Waals surface area (Å²) in [6.45, 7) is 3.85. The third kappa shape index (κ3) is 2.66. The molecule has 3 aromatic rings. The largest absolute Gasteiger partial charge is 0.298 e. The molecular weight excluding hydrogens is 356 g/mol. The molecule has 0 spiro atoms. The van der Waals surface area contributed by atoms with E-state index in [1.807, 2.05) is 38.1 Å². The van der Waals surface area contributed by atoms with Crippen molar-refractivity contribution in [3.05, 3.63) is 57.8 Å². The molecule has 0 fully saturated rings. The molecule has 0 aliphatic heterocycles. The first-order valence-electron chi connectivity index (χ1n) is 6.99. The highest BCUT2D eigenvalue weighted by Crippen LogP contribution is 2.40. The normalized spacial score (nSPS) is 10.6. The van der Waals surface area contributed by atoms with Crippen LogP contribution in [-0.2, 0) is 0 Å². The number of halogens is 1. The van der Waals surface area contributed by atoms with Crippen LogP contribution < -0.4 is 0 Å². The first-order chi connectivity index (χ1) is 11.1. The highest BCUT2D eigenvalue weighted by atomic mass is 79.9. The molecule has 0 saturated carbocycles. The summed E-state index contributed by atoms with van der Waals surface area (Å²) < 4.78 is 0.762. The van der Waals surface area contributed by atoms with Crippen LogP contribution in [0.25, 0.3) is 22.5 Å². The van der Waals surface area contributed by atoms with Crippen LogP contribution in [-0.4, -0.2) is 26.7 Å². The number of benzene rings is 1. The Morgan fingerprint density at radius 1 is 0.913 bits per heavy atom. The van der Waals surface area contributed by atoms with Crippen LogP contribution in [0.4, 0.5) is 0 Å². The second-order valence-electron chi connectivity index (χ2n) is 5.06. The molecule has 23 heavy (non-hydrogen) atoms. The Balaban J connectivity index is 2.45. The summed E-state index contributed by atoms with van der Waals surface area (Å²) >= 11 is 3.53. The van der Waals surface area contributed by atoms with E-state index in [4.69, 9.17) is 0 Å². The van der Waals surface area contributed by atoms with E-state index in [9.17, 15) is 4.79 Å². The third-order valence-electron chi connectivity index (χ3n) is 3.74. The molecule has 0 unspecified atom stereocenters. The minimum atomic E-state index is 0.607. The number of rotatable bonds is 3. The number of hydrogen-bond donors (Lipinski definition) is 0. The van der Waals surface area contributed by atoms with E-state index in [2.05, 4.69) is 36.3 Å². The Hall–Kier alpha value is -2.47. The Morgan fingerprint density at radius 2 is 1.43 bits per heavy atom. The minimum Gasteiger partial charge on any atom is -0.298 e. The van der Waals surface area contributed by atoms with Crippen LogP contribution >= 0.6 is 15.9 Å². The number of carbonyl (C=O) groups is 1. The average Bonchev–Trinajstić information content (AvgIpc) is 2.60. The van der Waals surface area contributed by atoms with Gasteiger partial charge in [0.15, 0.2) is 6.29 Å². The van der Waals surface area contributed by atoms with Crippen LogP contribution in [0.1, 0.15) is 21.5 Å². The molecule has 3 rings (SSSR count). The fourth-order valence-corrected chi connectivity index (χ4v) is 3.23. The lowest BCUT2D eigenvalue weighted by Crippen LogP contribution is -2.03. The zero-order valence-corrected chi connectivity index (χ0v) is 14.2. The molecule has 1 aromatic carbocycles. The Bertz CT molecular complexity index is 867. The van der Waals surface area contributed by atoms with Gasteiger partial charge in [0.05, 0.1) is 11.4 Å². The topological polar surface area (TPSA) is 68.6 Å². The first kappa shape index (κ1) is 15.4. The van der Waals surface area contributed by atoms with Gasteiger partial charge in [-0.25, -0.2) is 0 Å². The van der Waals surface area contributed by atoms with E-state index in [1.54, 1.807) is 12.4 Å². The van der Waals surface area contributed by atoms with Crippen LogP contribution in [0.15, 0.2) is 41.1 Å². The first-order valence-corrected chi connectivity index (χ1v) is 7.78. The highest BCUT2D eigenvalue weighted by Gasteiger charge is 2.22. The smallest absolute Gasteiger partial charge is 0.151 e. The molecule has 2 heterocycles. The fourth-order valence-electron chi connectivity index (χ4n) is 2.64. The lowest BCUT2D eigenvalue weighted by atomic mass is 9.89. The van der Waals surface area contributed by atoms with Gasteiger partial charge in [-0.05, 0) is 65.2 Å². The molecule has 0 atom stereocenters. The summed E-state index contributed by atoms with van der Waals surface area (Å²) in [5.41, 5.74) is 5.53. The quantitative estimate of drug-likeness (QED) is 0.657. The predicted octanol–water partition coefficient (Wildman–Crippen LogP) is 3.79. The van der Waals surface area contributed by atoms with Crippen LogP contribution in [0.2, 0.25) is 0 Å². The molecular formula is C17H13BrN4O. The van der Waals surface area contributed by atoms with Gasteiger partial charge in [-0.1, -0.05) is 0 Å². The maximum absolute atomic E-state index is 11.5. The van der Waals surface area contributed by atoms with Crippen molar-refractivity contribution in [2.24, 2.45) is 0 Å². The molecule has 114 valence electrons. The minimum absolute atomic E-state index is 0.607. The number of carbonyl (C=O) groups excluding carboxylic acids is 1. The predicted molar refractivity (Wildman–Crippen MR) is 91.1 cm³/mol. The van der Waals surface area contributed by atoms with Crippen LogP contribution in [0.3, 0.4) is 0 Å². The average molecular weight is 369 g/mol. The van der Waals surface area contributed by atoms with E-state index in [1.165, 1.54) is 0 Å². The maximum atomic E-state index is 11.5. The Kier molecular flexibility index (Phi) is 4.25. The summed E-state index contributed by atoms with van der Waals surface area (Å²) in [7, 11) is 0. The van der Waals surface area contributed by atoms with Crippen molar-refractivity contribution in [2.75, 3.05) is 0 Å². The van der Waals surface area contributed by atoms with Crippen molar-refractivity contribution in [3.63, 3.8) is 0 Å². The monoisotopic (exact) mass is 368 g/mol. The highest BCUT2D eigenvalue weighted by molar-refractivity contribution is 9.10. The van der Waals surface area contributed by atoms with Crippen molar-refractivity contribution in [2.45, 2.75) is 13.8 Å². The summed E-state index contributed by atoms with van der Waals surface area (Å²) in [4.78, 5) is 11.5. The van der Waals surface area contributed by atoms with Gasteiger partial charge in [0.2, 0.25) is 0 Å². The van der Waals surface area contributed by atoms with Gasteiger partial charge in [0.25, 0.3) is 0 Å². The number of aldehydes is 1. The lowest BCUT2D eigenvalue weighted by molar-refractivity contribution is 0.112. The van der Waals surface area contributed by atoms with Gasteiger partial charge >= 0.3 is 0 Å². The Labute approximate surface area is 141 Å². The van der Waals surface area contributed by atoms with Crippen molar-refractivity contribution in [3.8, 4) is 22.5 Å². The third-order valence-corrected chi connectivity index (χ3v) is 4.77. The zero-order valence-electron chi connectivity index (χ0n) is 12.6. The molecule has 2 aromatic heterocycles. The molecule has 0 bridgehead atoms. The lowest BCUT2D eigenvalue weighted by Gasteiger charge is -2.18. The molecule has 5 nitrogen and oxygen atoms in total. The number of hydrogen-bond acceptors (Lipinski definition) is 5. The second kappa shape index (κ2) is 6.34. The van der Waals surface area contributed by atoms with E-state index < -0.39 is 0 Å². The van der Waals surface area contributed by atoms with Crippen LogP contribution in [0, 0.1) is 13.8 Å². The van der Waals surface area contributed by atoms with Crippen molar-refractivity contribution in [1.82, 2.24) is 20.4 Å². The molecule has 0 aliphatic carbocycles. The summed E-state index contributed by atoms with van der Waals surface area (Å²) in [5, 5.41) is 16.4. The SMILES string of the molecule is Cc1c(Br)c(C=O)c(C)c(-c2cccnn2)c1-c1cccnn1. The standard InChI is InChI=1S/C17H13BrN4O/c1-10-12(9-23)17(18)11(2)16(14-6-4-8-20-22-14)15(10)13-5-3-7-19-21-13/h3-9H,1-2H3. The fraction of sp³-hybridized carbons (Fsp3) is 0.118. The van der Waals surface area contributed by atoms with E-state index in [-0.39, 0.29) is 0 Å². The molecule has 6 heteroatoms. The van der Waals surface area contributed by atoms with Gasteiger partial charge in [-0.2, -0.15) is 20.4 Å². The van der Waals surface area contributed by atoms with Gasteiger partial charge in [0.1, 0.15) is 0 Å². The summed E-state index contributed by atoms with van der Waals surface area (Å²) in [6, 6.07) is 7.41. The molecule has 0 N–H and O–H groups in total. The van der Waals surface area contributed by atoms with Crippen molar-refractivity contribution in [1.29, 1.82) is 0 Å². The Morgan fingerprint density at radius 3 is 1.87 bits per heavy atom. The van der Waals surface area contributed by atoms with Gasteiger partial charge in [0, 0.05) is 33.6 Å². The molecule has 0 aliphatic rings. The van der Waals surface area contributed by atoms with Crippen LogP contribution in [0.5, 0.6) is 0 Å². The maximum Gasteiger partial charge on any atom is 0.151 e. The second-order valence-corrected chi connectivity index (χ2v) is 5.86.